The lowest BCUT2D eigenvalue weighted by Gasteiger charge is -2.10. The summed E-state index contributed by atoms with van der Waals surface area (Å²) in [6.07, 6.45) is -3.03. The van der Waals surface area contributed by atoms with Crippen LogP contribution in [0.2, 0.25) is 0 Å². The molecule has 1 N–H and O–H groups in total. The minimum Gasteiger partial charge on any atom is -0.347 e. The van der Waals surface area contributed by atoms with E-state index in [2.05, 4.69) is 10.3 Å². The van der Waals surface area contributed by atoms with Crippen LogP contribution >= 0.6 is 23.1 Å². The van der Waals surface area contributed by atoms with Crippen molar-refractivity contribution >= 4 is 38.8 Å². The lowest BCUT2D eigenvalue weighted by atomic mass is 10.2. The number of thioether (sulfide) groups is 1. The SMILES string of the molecule is O=C(NCc1cccs1)c1cccnc1SCCS(=O)(=O)c1ccc(C(F)(F)F)cc1. The lowest BCUT2D eigenvalue weighted by molar-refractivity contribution is -0.137. The largest absolute Gasteiger partial charge is 0.416 e. The normalized spacial score (nSPS) is 12.0. The molecule has 0 aliphatic rings. The molecule has 3 rings (SSSR count). The Balaban J connectivity index is 1.61. The zero-order chi connectivity index (χ0) is 22.5. The minimum atomic E-state index is -4.53. The van der Waals surface area contributed by atoms with E-state index in [-0.39, 0.29) is 22.3 Å². The second-order valence-corrected chi connectivity index (χ2v) is 10.5. The molecule has 0 unspecified atom stereocenters. The van der Waals surface area contributed by atoms with E-state index in [1.165, 1.54) is 17.5 Å². The zero-order valence-corrected chi connectivity index (χ0v) is 18.4. The van der Waals surface area contributed by atoms with Crippen molar-refractivity contribution in [2.24, 2.45) is 0 Å². The Morgan fingerprint density at radius 3 is 2.48 bits per heavy atom. The number of pyridine rings is 1. The maximum atomic E-state index is 12.7. The summed E-state index contributed by atoms with van der Waals surface area (Å²) in [4.78, 5) is 17.5. The van der Waals surface area contributed by atoms with Crippen LogP contribution in [0.15, 0.2) is 70.0 Å². The molecule has 1 aromatic carbocycles. The van der Waals surface area contributed by atoms with Crippen LogP contribution in [0.25, 0.3) is 0 Å². The van der Waals surface area contributed by atoms with Gasteiger partial charge in [0.25, 0.3) is 5.91 Å². The molecule has 0 fully saturated rings. The molecule has 31 heavy (non-hydrogen) atoms. The third kappa shape index (κ3) is 6.31. The predicted octanol–water partition coefficient (Wildman–Crippen LogP) is 4.66. The van der Waals surface area contributed by atoms with E-state index in [1.807, 2.05) is 17.5 Å². The monoisotopic (exact) mass is 486 g/mol. The van der Waals surface area contributed by atoms with Gasteiger partial charge in [0.05, 0.1) is 28.3 Å². The summed E-state index contributed by atoms with van der Waals surface area (Å²) in [5.74, 6) is -0.545. The molecular formula is C20H17F3N2O3S3. The highest BCUT2D eigenvalue weighted by atomic mass is 32.2. The number of alkyl halides is 3. The number of hydrogen-bond acceptors (Lipinski definition) is 6. The molecule has 0 saturated carbocycles. The highest BCUT2D eigenvalue weighted by Gasteiger charge is 2.30. The van der Waals surface area contributed by atoms with Gasteiger partial charge in [-0.15, -0.1) is 23.1 Å². The summed E-state index contributed by atoms with van der Waals surface area (Å²) in [5, 5.41) is 5.09. The standard InChI is InChI=1S/C20H17F3N2O3S3/c21-20(22,23)14-5-7-16(8-6-14)31(27,28)12-11-30-19-17(4-1-9-24-19)18(26)25-13-15-3-2-10-29-15/h1-10H,11-13H2,(H,25,26). The summed E-state index contributed by atoms with van der Waals surface area (Å²) in [6.45, 7) is 0.373. The second kappa shape index (κ2) is 9.84. The average Bonchev–Trinajstić information content (AvgIpc) is 3.25. The third-order valence-electron chi connectivity index (χ3n) is 4.15. The van der Waals surface area contributed by atoms with Gasteiger partial charge in [0.2, 0.25) is 0 Å². The number of rotatable bonds is 8. The minimum absolute atomic E-state index is 0.0889. The van der Waals surface area contributed by atoms with E-state index >= 15 is 0 Å². The Morgan fingerprint density at radius 2 is 1.84 bits per heavy atom. The number of sulfone groups is 1. The van der Waals surface area contributed by atoms with Gasteiger partial charge in [-0.1, -0.05) is 6.07 Å². The Kier molecular flexibility index (Phi) is 7.39. The van der Waals surface area contributed by atoms with E-state index in [0.717, 1.165) is 40.9 Å². The van der Waals surface area contributed by atoms with Crippen molar-refractivity contribution in [1.29, 1.82) is 0 Å². The number of halogens is 3. The molecule has 0 saturated heterocycles. The van der Waals surface area contributed by atoms with Gasteiger partial charge in [-0.3, -0.25) is 4.79 Å². The van der Waals surface area contributed by atoms with Crippen LogP contribution < -0.4 is 5.32 Å². The van der Waals surface area contributed by atoms with Crippen molar-refractivity contribution in [2.45, 2.75) is 22.6 Å². The summed E-state index contributed by atoms with van der Waals surface area (Å²) < 4.78 is 62.8. The third-order valence-corrected chi connectivity index (χ3v) is 8.02. The Labute approximate surface area is 185 Å². The van der Waals surface area contributed by atoms with Gasteiger partial charge in [-0.2, -0.15) is 13.2 Å². The molecule has 1 amide bonds. The van der Waals surface area contributed by atoms with Gasteiger partial charge < -0.3 is 5.32 Å². The predicted molar refractivity (Wildman–Crippen MR) is 114 cm³/mol. The maximum absolute atomic E-state index is 12.7. The molecule has 5 nitrogen and oxygen atoms in total. The summed E-state index contributed by atoms with van der Waals surface area (Å²) in [6, 6.07) is 10.4. The number of hydrogen-bond donors (Lipinski definition) is 1. The first-order valence-corrected chi connectivity index (χ1v) is 12.5. The molecule has 0 bridgehead atoms. The van der Waals surface area contributed by atoms with Crippen molar-refractivity contribution in [3.05, 3.63) is 76.1 Å². The number of nitrogens with one attached hydrogen (secondary N) is 1. The van der Waals surface area contributed by atoms with Gasteiger partial charge in [-0.05, 0) is 47.8 Å². The van der Waals surface area contributed by atoms with Crippen LogP contribution in [0.4, 0.5) is 13.2 Å². The fraction of sp³-hybridized carbons (Fsp3) is 0.200. The van der Waals surface area contributed by atoms with E-state index in [0.29, 0.717) is 17.1 Å². The highest BCUT2D eigenvalue weighted by Crippen LogP contribution is 2.30. The Bertz CT molecular complexity index is 1130. The lowest BCUT2D eigenvalue weighted by Crippen LogP contribution is -2.23. The number of amides is 1. The number of benzene rings is 1. The first-order valence-electron chi connectivity index (χ1n) is 8.95. The molecule has 0 aliphatic carbocycles. The number of nitrogens with zero attached hydrogens (tertiary/aromatic N) is 1. The first kappa shape index (κ1) is 23.3. The molecule has 0 aliphatic heterocycles. The van der Waals surface area contributed by atoms with Crippen LogP contribution in [-0.4, -0.2) is 30.8 Å². The quantitative estimate of drug-likeness (QED) is 0.469. The van der Waals surface area contributed by atoms with Gasteiger partial charge in [0, 0.05) is 16.8 Å². The van der Waals surface area contributed by atoms with Crippen LogP contribution in [0.1, 0.15) is 20.8 Å². The van der Waals surface area contributed by atoms with Crippen molar-refractivity contribution in [3.63, 3.8) is 0 Å². The van der Waals surface area contributed by atoms with Gasteiger partial charge >= 0.3 is 6.18 Å². The molecule has 0 atom stereocenters. The fourth-order valence-electron chi connectivity index (χ4n) is 2.57. The van der Waals surface area contributed by atoms with E-state index in [1.54, 1.807) is 12.1 Å². The number of thiophene rings is 1. The van der Waals surface area contributed by atoms with Gasteiger partial charge in [0.1, 0.15) is 5.03 Å². The number of carbonyl (C=O) groups excluding carboxylic acids is 1. The summed E-state index contributed by atoms with van der Waals surface area (Å²) in [7, 11) is -3.78. The van der Waals surface area contributed by atoms with E-state index in [4.69, 9.17) is 0 Å². The van der Waals surface area contributed by atoms with Crippen LogP contribution in [0, 0.1) is 0 Å². The van der Waals surface area contributed by atoms with Crippen LogP contribution in [0.3, 0.4) is 0 Å². The summed E-state index contributed by atoms with van der Waals surface area (Å²) >= 11 is 2.62. The molecule has 3 aromatic rings. The first-order chi connectivity index (χ1) is 14.7. The zero-order valence-electron chi connectivity index (χ0n) is 15.9. The van der Waals surface area contributed by atoms with Gasteiger partial charge in [-0.25, -0.2) is 13.4 Å². The number of carbonyl (C=O) groups is 1. The molecule has 164 valence electrons. The van der Waals surface area contributed by atoms with Crippen LogP contribution in [-0.2, 0) is 22.6 Å². The van der Waals surface area contributed by atoms with Crippen LogP contribution in [0.5, 0.6) is 0 Å². The van der Waals surface area contributed by atoms with E-state index in [9.17, 15) is 26.4 Å². The van der Waals surface area contributed by atoms with Crippen molar-refractivity contribution in [2.75, 3.05) is 11.5 Å². The summed E-state index contributed by atoms with van der Waals surface area (Å²) in [5.41, 5.74) is -0.580. The number of aromatic nitrogens is 1. The van der Waals surface area contributed by atoms with Crippen molar-refractivity contribution in [1.82, 2.24) is 10.3 Å². The Morgan fingerprint density at radius 1 is 1.10 bits per heavy atom. The molecule has 11 heteroatoms. The molecule has 0 spiro atoms. The van der Waals surface area contributed by atoms with Gasteiger partial charge in [0.15, 0.2) is 9.84 Å². The second-order valence-electron chi connectivity index (χ2n) is 6.31. The molecule has 2 aromatic heterocycles. The molecule has 0 radical (unpaired) electrons. The molecule has 2 heterocycles. The smallest absolute Gasteiger partial charge is 0.347 e. The highest BCUT2D eigenvalue weighted by molar-refractivity contribution is 8.00. The van der Waals surface area contributed by atoms with E-state index < -0.39 is 21.6 Å². The van der Waals surface area contributed by atoms with Crippen molar-refractivity contribution in [3.8, 4) is 0 Å². The fourth-order valence-corrected chi connectivity index (χ4v) is 5.86. The maximum Gasteiger partial charge on any atom is 0.416 e. The average molecular weight is 487 g/mol. The van der Waals surface area contributed by atoms with Crippen molar-refractivity contribution < 1.29 is 26.4 Å². The topological polar surface area (TPSA) is 76.1 Å². The Hall–Kier alpha value is -2.37. The molecular weight excluding hydrogens is 469 g/mol.